The minimum atomic E-state index is -0.727. The van der Waals surface area contributed by atoms with Gasteiger partial charge in [0.05, 0.1) is 6.04 Å². The average Bonchev–Trinajstić information content (AvgIpc) is 2.94. The summed E-state index contributed by atoms with van der Waals surface area (Å²) in [5, 5.41) is 6.79. The van der Waals surface area contributed by atoms with Crippen LogP contribution in [0.25, 0.3) is 10.9 Å². The van der Waals surface area contributed by atoms with Gasteiger partial charge in [0.2, 0.25) is 5.91 Å². The molecule has 26 heavy (non-hydrogen) atoms. The molecule has 142 valence electrons. The van der Waals surface area contributed by atoms with Gasteiger partial charge in [0, 0.05) is 23.1 Å². The molecule has 1 aromatic heterocycles. The number of hydrogen-bond acceptors (Lipinski definition) is 4. The number of aromatic nitrogens is 1. The molecular formula is C20H29N3O3. The van der Waals surface area contributed by atoms with Crippen molar-refractivity contribution in [2.24, 2.45) is 5.92 Å². The zero-order valence-electron chi connectivity index (χ0n) is 16.3. The topological polar surface area (TPSA) is 83.2 Å². The number of nitrogens with one attached hydrogen (secondary N) is 3. The molecule has 6 heteroatoms. The second-order valence-corrected chi connectivity index (χ2v) is 7.89. The van der Waals surface area contributed by atoms with Crippen LogP contribution in [0.4, 0.5) is 4.79 Å². The van der Waals surface area contributed by atoms with Crippen LogP contribution in [0, 0.1) is 5.92 Å². The van der Waals surface area contributed by atoms with E-state index in [2.05, 4.69) is 15.6 Å². The number of carbonyl (C=O) groups excluding carboxylic acids is 2. The standard InChI is InChI=1S/C20H29N3O3/c1-12(2)17(18(24)23-19(25)26-20(4,5)6)22-13(3)15-11-21-16-10-8-7-9-14(15)16/h7-13,17,21-22H,1-6H3,(H,23,24,25)/t13?,17-/m0/s1. The van der Waals surface area contributed by atoms with Crippen LogP contribution < -0.4 is 10.6 Å². The van der Waals surface area contributed by atoms with E-state index in [4.69, 9.17) is 4.74 Å². The Morgan fingerprint density at radius 1 is 1.12 bits per heavy atom. The molecule has 0 aliphatic rings. The van der Waals surface area contributed by atoms with Crippen LogP contribution in [0.15, 0.2) is 30.5 Å². The number of rotatable bonds is 5. The molecule has 1 unspecified atom stereocenters. The normalized spacial score (nSPS) is 14.3. The van der Waals surface area contributed by atoms with Crippen LogP contribution in [-0.4, -0.2) is 28.6 Å². The second-order valence-electron chi connectivity index (χ2n) is 7.89. The Hall–Kier alpha value is -2.34. The largest absolute Gasteiger partial charge is 0.444 e. The quantitative estimate of drug-likeness (QED) is 0.756. The molecule has 2 aromatic rings. The third-order valence-corrected chi connectivity index (χ3v) is 4.09. The predicted molar refractivity (Wildman–Crippen MR) is 103 cm³/mol. The molecule has 3 N–H and O–H groups in total. The first kappa shape index (κ1) is 20.0. The molecule has 0 saturated heterocycles. The van der Waals surface area contributed by atoms with Crippen LogP contribution in [0.3, 0.4) is 0 Å². The van der Waals surface area contributed by atoms with Gasteiger partial charge in [-0.1, -0.05) is 32.0 Å². The van der Waals surface area contributed by atoms with Crippen LogP contribution >= 0.6 is 0 Å². The maximum absolute atomic E-state index is 12.6. The second kappa shape index (κ2) is 7.91. The molecule has 6 nitrogen and oxygen atoms in total. The molecular weight excluding hydrogens is 330 g/mol. The SMILES string of the molecule is CC(N[C@H](C(=O)NC(=O)OC(C)(C)C)C(C)C)c1c[nH]c2ccccc12. The third kappa shape index (κ3) is 5.08. The van der Waals surface area contributed by atoms with Crippen LogP contribution in [0.2, 0.25) is 0 Å². The van der Waals surface area contributed by atoms with Crippen molar-refractivity contribution in [1.29, 1.82) is 0 Å². The van der Waals surface area contributed by atoms with E-state index in [1.165, 1.54) is 0 Å². The highest BCUT2D eigenvalue weighted by Gasteiger charge is 2.28. The zero-order chi connectivity index (χ0) is 19.5. The Bertz CT molecular complexity index is 774. The Kier molecular flexibility index (Phi) is 6.08. The molecule has 1 heterocycles. The van der Waals surface area contributed by atoms with E-state index in [-0.39, 0.29) is 17.9 Å². The summed E-state index contributed by atoms with van der Waals surface area (Å²) < 4.78 is 5.17. The summed E-state index contributed by atoms with van der Waals surface area (Å²) in [5.41, 5.74) is 1.48. The Labute approximate surface area is 154 Å². The lowest BCUT2D eigenvalue weighted by Crippen LogP contribution is -2.50. The Balaban J connectivity index is 2.10. The molecule has 1 aromatic carbocycles. The summed E-state index contributed by atoms with van der Waals surface area (Å²) in [7, 11) is 0. The number of H-pyrrole nitrogens is 1. The van der Waals surface area contributed by atoms with Gasteiger partial charge >= 0.3 is 6.09 Å². The zero-order valence-corrected chi connectivity index (χ0v) is 16.3. The summed E-state index contributed by atoms with van der Waals surface area (Å²) in [6, 6.07) is 7.44. The van der Waals surface area contributed by atoms with E-state index in [0.29, 0.717) is 0 Å². The van der Waals surface area contributed by atoms with Gasteiger partial charge in [0.1, 0.15) is 5.60 Å². The monoisotopic (exact) mass is 359 g/mol. The highest BCUT2D eigenvalue weighted by molar-refractivity contribution is 5.95. The van der Waals surface area contributed by atoms with Crippen LogP contribution in [0.1, 0.15) is 53.1 Å². The van der Waals surface area contributed by atoms with Gasteiger partial charge in [-0.15, -0.1) is 0 Å². The summed E-state index contributed by atoms with van der Waals surface area (Å²) in [6.45, 7) is 11.2. The number of alkyl carbamates (subject to hydrolysis) is 1. The molecule has 0 fully saturated rings. The van der Waals surface area contributed by atoms with Gasteiger partial charge < -0.3 is 9.72 Å². The molecule has 0 aliphatic heterocycles. The smallest absolute Gasteiger partial charge is 0.414 e. The lowest BCUT2D eigenvalue weighted by atomic mass is 10.00. The van der Waals surface area contributed by atoms with Crippen molar-refractivity contribution in [2.45, 2.75) is 59.2 Å². The fraction of sp³-hybridized carbons (Fsp3) is 0.500. The van der Waals surface area contributed by atoms with Crippen LogP contribution in [0.5, 0.6) is 0 Å². The Morgan fingerprint density at radius 2 is 1.77 bits per heavy atom. The molecule has 2 atom stereocenters. The fourth-order valence-corrected chi connectivity index (χ4v) is 2.86. The number of fused-ring (bicyclic) bond motifs is 1. The van der Waals surface area contributed by atoms with Crippen molar-refractivity contribution >= 4 is 22.9 Å². The van der Waals surface area contributed by atoms with Gasteiger partial charge in [-0.2, -0.15) is 0 Å². The lowest BCUT2D eigenvalue weighted by Gasteiger charge is -2.26. The number of benzene rings is 1. The number of carbonyl (C=O) groups is 2. The summed E-state index contributed by atoms with van der Waals surface area (Å²) in [4.78, 5) is 27.7. The van der Waals surface area contributed by atoms with Gasteiger partial charge in [-0.05, 0) is 45.2 Å². The highest BCUT2D eigenvalue weighted by Crippen LogP contribution is 2.24. The molecule has 0 aliphatic carbocycles. The molecule has 2 rings (SSSR count). The lowest BCUT2D eigenvalue weighted by molar-refractivity contribution is -0.124. The van der Waals surface area contributed by atoms with Crippen molar-refractivity contribution in [3.8, 4) is 0 Å². The minimum absolute atomic E-state index is 0.00472. The van der Waals surface area contributed by atoms with E-state index in [9.17, 15) is 9.59 Å². The number of aromatic amines is 1. The molecule has 2 amide bonds. The summed E-state index contributed by atoms with van der Waals surface area (Å²) in [5.74, 6) is -0.383. The molecule has 0 bridgehead atoms. The molecule has 0 radical (unpaired) electrons. The number of imide groups is 1. The van der Waals surface area contributed by atoms with Gasteiger partial charge in [-0.3, -0.25) is 15.4 Å². The number of hydrogen-bond donors (Lipinski definition) is 3. The maximum Gasteiger partial charge on any atom is 0.414 e. The first-order chi connectivity index (χ1) is 12.1. The highest BCUT2D eigenvalue weighted by atomic mass is 16.6. The molecule has 0 saturated carbocycles. The van der Waals surface area contributed by atoms with Crippen molar-refractivity contribution in [3.05, 3.63) is 36.0 Å². The van der Waals surface area contributed by atoms with E-state index in [1.54, 1.807) is 20.8 Å². The average molecular weight is 359 g/mol. The molecule has 0 spiro atoms. The van der Waals surface area contributed by atoms with E-state index < -0.39 is 17.7 Å². The van der Waals surface area contributed by atoms with Gasteiger partial charge in [0.25, 0.3) is 0 Å². The fourth-order valence-electron chi connectivity index (χ4n) is 2.86. The van der Waals surface area contributed by atoms with Gasteiger partial charge in [-0.25, -0.2) is 4.79 Å². The number of ether oxygens (including phenoxy) is 1. The number of para-hydroxylation sites is 1. The van der Waals surface area contributed by atoms with E-state index in [0.717, 1.165) is 16.5 Å². The summed E-state index contributed by atoms with van der Waals surface area (Å²) >= 11 is 0. The number of amides is 2. The maximum atomic E-state index is 12.6. The van der Waals surface area contributed by atoms with Crippen molar-refractivity contribution in [2.75, 3.05) is 0 Å². The third-order valence-electron chi connectivity index (χ3n) is 4.09. The van der Waals surface area contributed by atoms with Crippen LogP contribution in [-0.2, 0) is 9.53 Å². The van der Waals surface area contributed by atoms with Crippen molar-refractivity contribution in [1.82, 2.24) is 15.6 Å². The Morgan fingerprint density at radius 3 is 2.38 bits per heavy atom. The van der Waals surface area contributed by atoms with E-state index >= 15 is 0 Å². The first-order valence-corrected chi connectivity index (χ1v) is 8.94. The van der Waals surface area contributed by atoms with Crippen molar-refractivity contribution in [3.63, 3.8) is 0 Å². The predicted octanol–water partition coefficient (Wildman–Crippen LogP) is 3.89. The van der Waals surface area contributed by atoms with Gasteiger partial charge in [0.15, 0.2) is 0 Å². The minimum Gasteiger partial charge on any atom is -0.444 e. The summed E-state index contributed by atoms with van der Waals surface area (Å²) in [6.07, 6.45) is 1.22. The first-order valence-electron chi connectivity index (χ1n) is 8.94. The van der Waals surface area contributed by atoms with E-state index in [1.807, 2.05) is 51.2 Å². The van der Waals surface area contributed by atoms with Crippen molar-refractivity contribution < 1.29 is 14.3 Å².